The molecule has 0 saturated carbocycles. The van der Waals surface area contributed by atoms with Crippen molar-refractivity contribution in [3.8, 4) is 17.0 Å². The quantitative estimate of drug-likeness (QED) is 0.321. The molecule has 0 bridgehead atoms. The summed E-state index contributed by atoms with van der Waals surface area (Å²) in [5.74, 6) is 1.50. The van der Waals surface area contributed by atoms with Gasteiger partial charge in [0.15, 0.2) is 0 Å². The van der Waals surface area contributed by atoms with Gasteiger partial charge in [-0.05, 0) is 80.7 Å². The number of nitrogens with zero attached hydrogens (tertiary/aromatic N) is 3. The number of halogens is 1. The Hall–Kier alpha value is -3.15. The van der Waals surface area contributed by atoms with Crippen molar-refractivity contribution in [2.45, 2.75) is 31.7 Å². The number of fused-ring (bicyclic) bond motifs is 1. The van der Waals surface area contributed by atoms with Crippen molar-refractivity contribution in [1.82, 2.24) is 14.7 Å². The van der Waals surface area contributed by atoms with E-state index < -0.39 is 0 Å². The second-order valence-electron chi connectivity index (χ2n) is 9.18. The number of aryl methyl sites for hydroxylation is 1. The summed E-state index contributed by atoms with van der Waals surface area (Å²) in [6.45, 7) is 3.69. The average molecular weight is 488 g/mol. The van der Waals surface area contributed by atoms with Gasteiger partial charge in [-0.25, -0.2) is 4.68 Å². The summed E-state index contributed by atoms with van der Waals surface area (Å²) >= 11 is 6.09. The Bertz CT molecular complexity index is 1360. The number of benzene rings is 3. The van der Waals surface area contributed by atoms with Crippen molar-refractivity contribution in [2.24, 2.45) is 0 Å². The summed E-state index contributed by atoms with van der Waals surface area (Å²) < 4.78 is 7.02. The van der Waals surface area contributed by atoms with Crippen molar-refractivity contribution in [3.05, 3.63) is 93.7 Å². The summed E-state index contributed by atoms with van der Waals surface area (Å²) in [7, 11) is 1.72. The van der Waals surface area contributed by atoms with Crippen LogP contribution in [0.3, 0.4) is 0 Å². The van der Waals surface area contributed by atoms with Gasteiger partial charge in [0.05, 0.1) is 18.2 Å². The minimum absolute atomic E-state index is 0.0324. The highest BCUT2D eigenvalue weighted by Gasteiger charge is 2.21. The zero-order chi connectivity index (χ0) is 24.2. The summed E-state index contributed by atoms with van der Waals surface area (Å²) in [5, 5.41) is 7.04. The first-order chi connectivity index (χ1) is 17.1. The van der Waals surface area contributed by atoms with Gasteiger partial charge in [-0.1, -0.05) is 54.1 Å². The molecule has 1 aliphatic rings. The Morgan fingerprint density at radius 3 is 2.43 bits per heavy atom. The van der Waals surface area contributed by atoms with Gasteiger partial charge in [-0.2, -0.15) is 5.10 Å². The van der Waals surface area contributed by atoms with Crippen LogP contribution in [0.25, 0.3) is 22.0 Å². The number of aromatic nitrogens is 2. The van der Waals surface area contributed by atoms with E-state index in [0.717, 1.165) is 61.3 Å². The lowest BCUT2D eigenvalue weighted by atomic mass is 9.89. The topological polar surface area (TPSA) is 47.4 Å². The molecular formula is C29H30ClN3O2. The van der Waals surface area contributed by atoms with Crippen LogP contribution in [0.1, 0.15) is 30.7 Å². The second-order valence-corrected chi connectivity index (χ2v) is 9.61. The SMILES string of the molecule is COc1cccc(C2CCN(CCCn3nc(-c4ccc(Cl)cc4)c4ccccc4c3=O)CC2)c1. The van der Waals surface area contributed by atoms with Crippen LogP contribution in [0, 0.1) is 0 Å². The molecule has 6 heteroatoms. The number of likely N-dealkylation sites (tertiary alicyclic amines) is 1. The summed E-state index contributed by atoms with van der Waals surface area (Å²) in [4.78, 5) is 15.7. The van der Waals surface area contributed by atoms with E-state index in [2.05, 4.69) is 23.1 Å². The van der Waals surface area contributed by atoms with E-state index in [0.29, 0.717) is 22.9 Å². The first kappa shape index (κ1) is 23.6. The largest absolute Gasteiger partial charge is 0.497 e. The summed E-state index contributed by atoms with van der Waals surface area (Å²) in [5.41, 5.74) is 3.11. The Morgan fingerprint density at radius 1 is 0.943 bits per heavy atom. The number of hydrogen-bond donors (Lipinski definition) is 0. The smallest absolute Gasteiger partial charge is 0.274 e. The van der Waals surface area contributed by atoms with E-state index in [9.17, 15) is 4.79 Å². The van der Waals surface area contributed by atoms with Gasteiger partial charge in [0, 0.05) is 22.5 Å². The Labute approximate surface area is 210 Å². The maximum atomic E-state index is 13.2. The molecule has 0 atom stereocenters. The number of hydrogen-bond acceptors (Lipinski definition) is 4. The van der Waals surface area contributed by atoms with Gasteiger partial charge < -0.3 is 9.64 Å². The second kappa shape index (κ2) is 10.6. The maximum Gasteiger partial charge on any atom is 0.274 e. The van der Waals surface area contributed by atoms with Crippen LogP contribution in [0.4, 0.5) is 0 Å². The first-order valence-electron chi connectivity index (χ1n) is 12.2. The number of ether oxygens (including phenoxy) is 1. The van der Waals surface area contributed by atoms with Crippen LogP contribution in [0.2, 0.25) is 5.02 Å². The standard InChI is InChI=1S/C29H30ClN3O2/c1-35-25-7-4-6-23(20-25)21-14-18-32(19-15-21)16-5-17-33-29(34)27-9-3-2-8-26(27)28(31-33)22-10-12-24(30)13-11-22/h2-4,6-13,20-21H,5,14-19H2,1H3. The third kappa shape index (κ3) is 5.26. The van der Waals surface area contributed by atoms with Crippen molar-refractivity contribution in [3.63, 3.8) is 0 Å². The highest BCUT2D eigenvalue weighted by atomic mass is 35.5. The fourth-order valence-corrected chi connectivity index (χ4v) is 5.16. The van der Waals surface area contributed by atoms with Crippen LogP contribution >= 0.6 is 11.6 Å². The molecule has 180 valence electrons. The molecule has 5 rings (SSSR count). The fraction of sp³-hybridized carbons (Fsp3) is 0.310. The Balaban J connectivity index is 1.26. The molecule has 0 radical (unpaired) electrons. The van der Waals surface area contributed by atoms with Crippen LogP contribution in [-0.4, -0.2) is 41.4 Å². The van der Waals surface area contributed by atoms with Crippen molar-refractivity contribution >= 4 is 22.4 Å². The maximum absolute atomic E-state index is 13.2. The molecule has 0 N–H and O–H groups in total. The molecule has 4 aromatic rings. The molecule has 0 unspecified atom stereocenters. The van der Waals surface area contributed by atoms with Crippen LogP contribution in [0.15, 0.2) is 77.6 Å². The number of rotatable bonds is 7. The van der Waals surface area contributed by atoms with Crippen molar-refractivity contribution in [1.29, 1.82) is 0 Å². The predicted molar refractivity (Wildman–Crippen MR) is 142 cm³/mol. The molecule has 1 aromatic heterocycles. The summed E-state index contributed by atoms with van der Waals surface area (Å²) in [6.07, 6.45) is 3.17. The number of methoxy groups -OCH3 is 1. The highest BCUT2D eigenvalue weighted by molar-refractivity contribution is 6.30. The zero-order valence-electron chi connectivity index (χ0n) is 20.0. The average Bonchev–Trinajstić information content (AvgIpc) is 2.91. The minimum atomic E-state index is -0.0324. The van der Waals surface area contributed by atoms with Gasteiger partial charge in [-0.15, -0.1) is 0 Å². The Morgan fingerprint density at radius 2 is 1.69 bits per heavy atom. The molecule has 1 aliphatic heterocycles. The van der Waals surface area contributed by atoms with E-state index in [1.54, 1.807) is 11.8 Å². The lowest BCUT2D eigenvalue weighted by Crippen LogP contribution is -2.34. The molecule has 5 nitrogen and oxygen atoms in total. The molecule has 1 fully saturated rings. The first-order valence-corrected chi connectivity index (χ1v) is 12.6. The molecule has 0 amide bonds. The lowest BCUT2D eigenvalue weighted by molar-refractivity contribution is 0.206. The van der Waals surface area contributed by atoms with Crippen molar-refractivity contribution in [2.75, 3.05) is 26.7 Å². The zero-order valence-corrected chi connectivity index (χ0v) is 20.7. The monoisotopic (exact) mass is 487 g/mol. The van der Waals surface area contributed by atoms with Gasteiger partial charge >= 0.3 is 0 Å². The normalized spacial score (nSPS) is 14.9. The van der Waals surface area contributed by atoms with Crippen LogP contribution < -0.4 is 10.3 Å². The number of piperidine rings is 1. The lowest BCUT2D eigenvalue weighted by Gasteiger charge is -2.32. The molecule has 35 heavy (non-hydrogen) atoms. The van der Waals surface area contributed by atoms with Gasteiger partial charge in [0.1, 0.15) is 5.75 Å². The summed E-state index contributed by atoms with van der Waals surface area (Å²) in [6, 6.07) is 23.8. The Kier molecular flexibility index (Phi) is 7.16. The van der Waals surface area contributed by atoms with E-state index in [1.165, 1.54) is 5.56 Å². The fourth-order valence-electron chi connectivity index (χ4n) is 5.04. The van der Waals surface area contributed by atoms with E-state index in [1.807, 2.05) is 54.6 Å². The molecule has 3 aromatic carbocycles. The predicted octanol–water partition coefficient (Wildman–Crippen LogP) is 6.00. The highest BCUT2D eigenvalue weighted by Crippen LogP contribution is 2.30. The third-order valence-corrected chi connectivity index (χ3v) is 7.23. The van der Waals surface area contributed by atoms with Crippen LogP contribution in [0.5, 0.6) is 5.75 Å². The minimum Gasteiger partial charge on any atom is -0.497 e. The molecule has 1 saturated heterocycles. The van der Waals surface area contributed by atoms with Gasteiger partial charge in [0.25, 0.3) is 5.56 Å². The molecule has 0 aliphatic carbocycles. The molecule has 2 heterocycles. The van der Waals surface area contributed by atoms with E-state index in [4.69, 9.17) is 21.4 Å². The molecule has 0 spiro atoms. The van der Waals surface area contributed by atoms with Gasteiger partial charge in [0.2, 0.25) is 0 Å². The van der Waals surface area contributed by atoms with Gasteiger partial charge in [-0.3, -0.25) is 4.79 Å². The van der Waals surface area contributed by atoms with Crippen LogP contribution in [-0.2, 0) is 6.54 Å². The van der Waals surface area contributed by atoms with Crippen molar-refractivity contribution < 1.29 is 4.74 Å². The third-order valence-electron chi connectivity index (χ3n) is 6.98. The molecular weight excluding hydrogens is 458 g/mol. The van der Waals surface area contributed by atoms with E-state index >= 15 is 0 Å². The van der Waals surface area contributed by atoms with E-state index in [-0.39, 0.29) is 5.56 Å².